The molecule has 11 nitrogen and oxygen atoms in total. The third-order valence-electron chi connectivity index (χ3n) is 8.81. The maximum absolute atomic E-state index is 14.1. The third-order valence-corrected chi connectivity index (χ3v) is 8.81. The number of nitrogens with zero attached hydrogens (tertiary/aromatic N) is 1. The summed E-state index contributed by atoms with van der Waals surface area (Å²) >= 11 is 0. The number of rotatable bonds is 15. The van der Waals surface area contributed by atoms with Gasteiger partial charge in [0.05, 0.1) is 6.61 Å². The summed E-state index contributed by atoms with van der Waals surface area (Å²) in [6.45, 7) is 2.24. The first-order valence-corrected chi connectivity index (χ1v) is 16.0. The summed E-state index contributed by atoms with van der Waals surface area (Å²) < 4.78 is 5.25. The molecule has 0 heterocycles. The Morgan fingerprint density at radius 1 is 0.909 bits per heavy atom. The largest absolute Gasteiger partial charge is 0.464 e. The summed E-state index contributed by atoms with van der Waals surface area (Å²) in [4.78, 5) is 44.7. The van der Waals surface area contributed by atoms with Crippen molar-refractivity contribution < 1.29 is 19.1 Å². The van der Waals surface area contributed by atoms with Crippen molar-refractivity contribution in [1.82, 2.24) is 10.6 Å². The molecular formula is C32H52ClN7O4. The third kappa shape index (κ3) is 11.6. The van der Waals surface area contributed by atoms with Gasteiger partial charge in [-0.25, -0.2) is 4.79 Å². The molecule has 246 valence electrons. The summed E-state index contributed by atoms with van der Waals surface area (Å²) in [6.07, 6.45) is 11.4. The van der Waals surface area contributed by atoms with E-state index in [1.807, 2.05) is 24.3 Å². The molecule has 0 aliphatic heterocycles. The first-order chi connectivity index (χ1) is 20.7. The highest BCUT2D eigenvalue weighted by Crippen LogP contribution is 2.33. The predicted octanol–water partition coefficient (Wildman–Crippen LogP) is 3.30. The van der Waals surface area contributed by atoms with Gasteiger partial charge in [0, 0.05) is 18.0 Å². The van der Waals surface area contributed by atoms with E-state index in [4.69, 9.17) is 27.3 Å². The average molecular weight is 634 g/mol. The van der Waals surface area contributed by atoms with Gasteiger partial charge in [0.15, 0.2) is 5.96 Å². The lowest BCUT2D eigenvalue weighted by molar-refractivity contribution is -0.148. The number of hydrogen-bond donors (Lipinski definition) is 6. The molecule has 0 radical (unpaired) electrons. The molecule has 2 saturated carbocycles. The fraction of sp³-hybridized carbons (Fsp3) is 0.656. The molecule has 0 bridgehead atoms. The lowest BCUT2D eigenvalue weighted by atomic mass is 9.76. The van der Waals surface area contributed by atoms with Crippen LogP contribution in [0.15, 0.2) is 29.3 Å². The van der Waals surface area contributed by atoms with Crippen molar-refractivity contribution in [1.29, 1.82) is 5.41 Å². The van der Waals surface area contributed by atoms with Gasteiger partial charge in [0.2, 0.25) is 11.8 Å². The fourth-order valence-electron chi connectivity index (χ4n) is 6.47. The predicted molar refractivity (Wildman–Crippen MR) is 175 cm³/mol. The maximum Gasteiger partial charge on any atom is 0.328 e. The van der Waals surface area contributed by atoms with Gasteiger partial charge in [-0.15, -0.1) is 12.4 Å². The monoisotopic (exact) mass is 633 g/mol. The molecule has 2 fully saturated rings. The van der Waals surface area contributed by atoms with Crippen molar-refractivity contribution in [2.45, 2.75) is 102 Å². The second kappa shape index (κ2) is 19.1. The van der Waals surface area contributed by atoms with Crippen molar-refractivity contribution in [2.24, 2.45) is 39.9 Å². The average Bonchev–Trinajstić information content (AvgIpc) is 3.01. The molecule has 3 rings (SSSR count). The van der Waals surface area contributed by atoms with Gasteiger partial charge in [0.1, 0.15) is 17.9 Å². The first kappa shape index (κ1) is 36.8. The minimum atomic E-state index is -0.862. The second-order valence-electron chi connectivity index (χ2n) is 12.0. The van der Waals surface area contributed by atoms with Crippen LogP contribution in [0.5, 0.6) is 0 Å². The number of carbonyl (C=O) groups is 3. The zero-order valence-electron chi connectivity index (χ0n) is 26.0. The Bertz CT molecular complexity index is 1100. The van der Waals surface area contributed by atoms with Gasteiger partial charge in [-0.05, 0) is 69.3 Å². The molecule has 12 heteroatoms. The van der Waals surface area contributed by atoms with Crippen molar-refractivity contribution in [3.63, 3.8) is 0 Å². The van der Waals surface area contributed by atoms with Crippen LogP contribution in [0, 0.1) is 23.2 Å². The smallest absolute Gasteiger partial charge is 0.328 e. The van der Waals surface area contributed by atoms with Gasteiger partial charge in [0.25, 0.3) is 0 Å². The highest BCUT2D eigenvalue weighted by molar-refractivity contribution is 5.95. The fourth-order valence-corrected chi connectivity index (χ4v) is 6.47. The number of esters is 1. The number of hydrogen-bond acceptors (Lipinski definition) is 6. The Balaban J connectivity index is 0.00000675. The summed E-state index contributed by atoms with van der Waals surface area (Å²) in [5.41, 5.74) is 18.1. The van der Waals surface area contributed by atoms with E-state index in [0.717, 1.165) is 63.4 Å². The highest BCUT2D eigenvalue weighted by Gasteiger charge is 2.37. The van der Waals surface area contributed by atoms with Gasteiger partial charge in [-0.3, -0.25) is 20.0 Å². The van der Waals surface area contributed by atoms with Crippen molar-refractivity contribution in [3.05, 3.63) is 35.4 Å². The number of ether oxygens (including phenoxy) is 1. The molecule has 9 N–H and O–H groups in total. The lowest BCUT2D eigenvalue weighted by Crippen LogP contribution is -2.56. The normalized spacial score (nSPS) is 17.7. The van der Waals surface area contributed by atoms with E-state index < -0.39 is 18.1 Å². The van der Waals surface area contributed by atoms with E-state index in [1.54, 1.807) is 6.92 Å². The number of halogens is 1. The first-order valence-electron chi connectivity index (χ1n) is 16.0. The van der Waals surface area contributed by atoms with Crippen molar-refractivity contribution in [2.75, 3.05) is 13.2 Å². The molecule has 1 aromatic rings. The number of guanidine groups is 1. The number of benzene rings is 1. The van der Waals surface area contributed by atoms with Gasteiger partial charge >= 0.3 is 5.97 Å². The highest BCUT2D eigenvalue weighted by atomic mass is 35.5. The number of nitrogen functional groups attached to an aromatic ring is 1. The molecule has 0 saturated heterocycles. The van der Waals surface area contributed by atoms with Crippen molar-refractivity contribution in [3.8, 4) is 0 Å². The number of amides is 2. The Labute approximate surface area is 267 Å². The van der Waals surface area contributed by atoms with E-state index in [2.05, 4.69) is 15.6 Å². The molecule has 0 spiro atoms. The summed E-state index contributed by atoms with van der Waals surface area (Å²) in [5, 5.41) is 13.8. The number of aliphatic imine (C=N–C) groups is 1. The lowest BCUT2D eigenvalue weighted by Gasteiger charge is -2.34. The van der Waals surface area contributed by atoms with Crippen LogP contribution in [0.3, 0.4) is 0 Å². The zero-order chi connectivity index (χ0) is 31.2. The molecule has 2 aliphatic carbocycles. The van der Waals surface area contributed by atoms with Crippen molar-refractivity contribution >= 4 is 42.0 Å². The Morgan fingerprint density at radius 2 is 1.50 bits per heavy atom. The van der Waals surface area contributed by atoms with E-state index in [1.165, 1.54) is 6.42 Å². The minimum absolute atomic E-state index is 0. The number of carbonyl (C=O) groups excluding carboxylic acids is 3. The van der Waals surface area contributed by atoms with Gasteiger partial charge in [-0.1, -0.05) is 62.8 Å². The number of nitrogens with two attached hydrogens (primary N) is 3. The molecule has 1 aromatic carbocycles. The zero-order valence-corrected chi connectivity index (χ0v) is 26.8. The van der Waals surface area contributed by atoms with Crippen LogP contribution in [-0.4, -0.2) is 54.8 Å². The molecule has 0 unspecified atom stereocenters. The maximum atomic E-state index is 14.1. The van der Waals surface area contributed by atoms with Crippen LogP contribution in [0.4, 0.5) is 0 Å². The number of nitrogens with one attached hydrogen (secondary N) is 3. The SMILES string of the molecule is CCOC(=O)[C@H](CCCN=C(N)N)NC(=O)[C@@H](NC(=O)[C@@H](Cc1ccc(C(=N)N)cc1)C1CCCCC1)C1CCCCC1.Cl. The second-order valence-corrected chi connectivity index (χ2v) is 12.0. The quantitative estimate of drug-likeness (QED) is 0.0736. The molecule has 44 heavy (non-hydrogen) atoms. The molecule has 3 atom stereocenters. The Kier molecular flexibility index (Phi) is 16.0. The Morgan fingerprint density at radius 3 is 2.05 bits per heavy atom. The van der Waals surface area contributed by atoms with E-state index in [9.17, 15) is 14.4 Å². The Hall–Kier alpha value is -3.34. The van der Waals surface area contributed by atoms with Crippen LogP contribution in [-0.2, 0) is 25.5 Å². The van der Waals surface area contributed by atoms with Crippen LogP contribution in [0.25, 0.3) is 0 Å². The standard InChI is InChI=1S/C32H51N7O4.ClH/c1-2-43-31(42)26(14-9-19-37-32(35)36)38-30(41)27(23-12-7-4-8-13-23)39-29(40)25(22-10-5-3-6-11-22)20-21-15-17-24(18-16-21)28(33)34;/h15-18,22-23,25-27H,2-14,19-20H2,1H3,(H3,33,34)(H,38,41)(H,39,40)(H4,35,36,37);1H/t25-,26-,27-;/m0./s1. The molecule has 2 amide bonds. The van der Waals surface area contributed by atoms with Gasteiger partial charge in [-0.2, -0.15) is 0 Å². The van der Waals surface area contributed by atoms with E-state index in [-0.39, 0.29) is 60.4 Å². The van der Waals surface area contributed by atoms with Crippen LogP contribution < -0.4 is 27.8 Å². The van der Waals surface area contributed by atoms with Gasteiger partial charge < -0.3 is 32.6 Å². The molecule has 0 aromatic heterocycles. The number of amidine groups is 1. The van der Waals surface area contributed by atoms with Crippen LogP contribution >= 0.6 is 12.4 Å². The molecular weight excluding hydrogens is 582 g/mol. The van der Waals surface area contributed by atoms with Crippen LogP contribution in [0.2, 0.25) is 0 Å². The minimum Gasteiger partial charge on any atom is -0.464 e. The van der Waals surface area contributed by atoms with E-state index in [0.29, 0.717) is 31.4 Å². The summed E-state index contributed by atoms with van der Waals surface area (Å²) in [7, 11) is 0. The summed E-state index contributed by atoms with van der Waals surface area (Å²) in [5.74, 6) is -1.08. The molecule has 2 aliphatic rings. The summed E-state index contributed by atoms with van der Waals surface area (Å²) in [6, 6.07) is 5.88. The topological polar surface area (TPSA) is 199 Å². The van der Waals surface area contributed by atoms with E-state index >= 15 is 0 Å². The van der Waals surface area contributed by atoms with Crippen LogP contribution in [0.1, 0.15) is 95.1 Å².